The lowest BCUT2D eigenvalue weighted by molar-refractivity contribution is -0.151. The molecule has 2 atom stereocenters. The number of nitrogens with one attached hydrogen (secondary N) is 2. The van der Waals surface area contributed by atoms with Gasteiger partial charge in [-0.15, -0.1) is 0 Å². The minimum Gasteiger partial charge on any atom is -0.494 e. The van der Waals surface area contributed by atoms with Crippen molar-refractivity contribution in [1.29, 1.82) is 0 Å². The summed E-state index contributed by atoms with van der Waals surface area (Å²) >= 11 is 0. The van der Waals surface area contributed by atoms with Gasteiger partial charge in [-0.25, -0.2) is 23.1 Å². The molecule has 2 aromatic carbocycles. The van der Waals surface area contributed by atoms with Crippen molar-refractivity contribution in [2.24, 2.45) is 11.8 Å². The van der Waals surface area contributed by atoms with Crippen molar-refractivity contribution >= 4 is 22.7 Å². The van der Waals surface area contributed by atoms with E-state index in [4.69, 9.17) is 4.74 Å². The molecule has 3 saturated heterocycles. The molecule has 0 amide bonds. The van der Waals surface area contributed by atoms with Gasteiger partial charge in [0.2, 0.25) is 0 Å². The number of aromatic amines is 1. The Morgan fingerprint density at radius 3 is 2.63 bits per heavy atom. The number of aliphatic carboxylic acids is 1. The molecule has 11 heteroatoms. The number of aromatic nitrogens is 3. The van der Waals surface area contributed by atoms with E-state index in [9.17, 15) is 23.1 Å². The number of hydrogen-bond donors (Lipinski definition) is 3. The fraction of sp³-hybridized carbons (Fsp3) is 0.296. The van der Waals surface area contributed by atoms with Gasteiger partial charge in [0.1, 0.15) is 17.5 Å². The maximum atomic E-state index is 14.4. The van der Waals surface area contributed by atoms with Gasteiger partial charge >= 0.3 is 5.97 Å². The molecule has 3 fully saturated rings. The molecule has 2 bridgehead atoms. The Labute approximate surface area is 215 Å². The lowest BCUT2D eigenvalue weighted by atomic mass is 9.76. The highest BCUT2D eigenvalue weighted by Gasteiger charge is 2.46. The van der Waals surface area contributed by atoms with Gasteiger partial charge < -0.3 is 20.1 Å². The molecular formula is C27H24F3N5O3. The number of anilines is 1. The van der Waals surface area contributed by atoms with Crippen LogP contribution in [0.1, 0.15) is 12.8 Å². The van der Waals surface area contributed by atoms with Crippen LogP contribution < -0.4 is 10.1 Å². The second-order valence-electron chi connectivity index (χ2n) is 9.65. The van der Waals surface area contributed by atoms with E-state index in [1.54, 1.807) is 6.07 Å². The van der Waals surface area contributed by atoms with Crippen LogP contribution in [-0.4, -0.2) is 57.3 Å². The first-order chi connectivity index (χ1) is 18.3. The van der Waals surface area contributed by atoms with Gasteiger partial charge in [-0.2, -0.15) is 0 Å². The molecule has 8 nitrogen and oxygen atoms in total. The van der Waals surface area contributed by atoms with E-state index >= 15 is 0 Å². The van der Waals surface area contributed by atoms with Gasteiger partial charge in [-0.1, -0.05) is 0 Å². The lowest BCUT2D eigenvalue weighted by Crippen LogP contribution is -2.60. The molecule has 3 aliphatic heterocycles. The standard InChI is InChI=1S/C27H24F3N5O3/c1-38-21-8-14(2-3-18(21)29)20-11-22(34-26-23(27(36)37)13-4-6-35(26)7-5-13)33-25(32-20)17-12-31-24-16(17)9-15(28)10-19(24)30/h2-3,8-13,23,26,31H,4-7H2,1H3,(H,36,37)(H,32,33,34). The zero-order valence-corrected chi connectivity index (χ0v) is 20.3. The molecule has 2 unspecified atom stereocenters. The summed E-state index contributed by atoms with van der Waals surface area (Å²) in [4.78, 5) is 26.3. The molecule has 38 heavy (non-hydrogen) atoms. The van der Waals surface area contributed by atoms with Crippen LogP contribution in [0.5, 0.6) is 5.75 Å². The van der Waals surface area contributed by atoms with Crippen LogP contribution >= 0.6 is 0 Å². The first-order valence-corrected chi connectivity index (χ1v) is 12.3. The van der Waals surface area contributed by atoms with Crippen LogP contribution in [-0.2, 0) is 4.79 Å². The number of ether oxygens (including phenoxy) is 1. The number of fused-ring (bicyclic) bond motifs is 4. The van der Waals surface area contributed by atoms with E-state index in [-0.39, 0.29) is 28.4 Å². The molecule has 0 saturated carbocycles. The number of halogens is 3. The van der Waals surface area contributed by atoms with Crippen LogP contribution in [0.25, 0.3) is 33.5 Å². The molecule has 4 aromatic rings. The molecule has 3 aliphatic rings. The van der Waals surface area contributed by atoms with Crippen LogP contribution in [0.4, 0.5) is 19.0 Å². The molecule has 0 aliphatic carbocycles. The number of hydrogen-bond acceptors (Lipinski definition) is 6. The molecule has 0 spiro atoms. The van der Waals surface area contributed by atoms with Gasteiger partial charge in [-0.05, 0) is 43.0 Å². The highest BCUT2D eigenvalue weighted by atomic mass is 19.1. The monoisotopic (exact) mass is 523 g/mol. The third-order valence-electron chi connectivity index (χ3n) is 7.52. The molecule has 196 valence electrons. The topological polar surface area (TPSA) is 103 Å². The predicted molar refractivity (Wildman–Crippen MR) is 134 cm³/mol. The van der Waals surface area contributed by atoms with Crippen molar-refractivity contribution in [1.82, 2.24) is 19.9 Å². The first-order valence-electron chi connectivity index (χ1n) is 12.3. The highest BCUT2D eigenvalue weighted by Crippen LogP contribution is 2.39. The normalized spacial score (nSPS) is 22.5. The Morgan fingerprint density at radius 2 is 1.89 bits per heavy atom. The van der Waals surface area contributed by atoms with Crippen LogP contribution in [0.3, 0.4) is 0 Å². The number of methoxy groups -OCH3 is 1. The Kier molecular flexibility index (Phi) is 5.94. The van der Waals surface area contributed by atoms with Crippen LogP contribution in [0, 0.1) is 29.3 Å². The van der Waals surface area contributed by atoms with E-state index < -0.39 is 35.5 Å². The summed E-state index contributed by atoms with van der Waals surface area (Å²) in [5.41, 5.74) is 1.38. The van der Waals surface area contributed by atoms with Crippen molar-refractivity contribution in [3.05, 3.63) is 60.0 Å². The van der Waals surface area contributed by atoms with E-state index in [0.29, 0.717) is 22.6 Å². The third kappa shape index (κ3) is 4.12. The van der Waals surface area contributed by atoms with Crippen molar-refractivity contribution < 1.29 is 27.8 Å². The summed E-state index contributed by atoms with van der Waals surface area (Å²) in [7, 11) is 1.36. The van der Waals surface area contributed by atoms with Crippen LogP contribution in [0.15, 0.2) is 42.6 Å². The number of rotatable bonds is 6. The van der Waals surface area contributed by atoms with Gasteiger partial charge in [0.05, 0.1) is 30.4 Å². The highest BCUT2D eigenvalue weighted by molar-refractivity contribution is 5.94. The number of piperidine rings is 3. The average Bonchev–Trinajstić information content (AvgIpc) is 3.33. The summed E-state index contributed by atoms with van der Waals surface area (Å²) in [6, 6.07) is 7.91. The number of carboxylic acid groups (broad SMARTS) is 1. The smallest absolute Gasteiger partial charge is 0.310 e. The number of carboxylic acids is 1. The maximum Gasteiger partial charge on any atom is 0.310 e. The van der Waals surface area contributed by atoms with Gasteiger partial charge in [0.15, 0.2) is 17.4 Å². The summed E-state index contributed by atoms with van der Waals surface area (Å²) in [5.74, 6) is -2.97. The Balaban J connectivity index is 1.49. The van der Waals surface area contributed by atoms with Crippen molar-refractivity contribution in [2.75, 3.05) is 25.5 Å². The largest absolute Gasteiger partial charge is 0.494 e. The maximum absolute atomic E-state index is 14.4. The summed E-state index contributed by atoms with van der Waals surface area (Å²) < 4.78 is 47.8. The lowest BCUT2D eigenvalue weighted by Gasteiger charge is -2.49. The zero-order chi connectivity index (χ0) is 26.6. The Morgan fingerprint density at radius 1 is 1.11 bits per heavy atom. The fourth-order valence-corrected chi connectivity index (χ4v) is 5.66. The fourth-order valence-electron chi connectivity index (χ4n) is 5.66. The van der Waals surface area contributed by atoms with Gasteiger partial charge in [0.25, 0.3) is 0 Å². The zero-order valence-electron chi connectivity index (χ0n) is 20.3. The summed E-state index contributed by atoms with van der Waals surface area (Å²) in [6.45, 7) is 1.54. The number of nitrogens with zero attached hydrogens (tertiary/aromatic N) is 3. The average molecular weight is 524 g/mol. The molecule has 2 aromatic heterocycles. The number of benzene rings is 2. The molecular weight excluding hydrogens is 499 g/mol. The minimum absolute atomic E-state index is 0.0232. The van der Waals surface area contributed by atoms with Gasteiger partial charge in [-0.3, -0.25) is 9.69 Å². The second kappa shape index (κ2) is 9.32. The van der Waals surface area contributed by atoms with Crippen LogP contribution in [0.2, 0.25) is 0 Å². The number of carbonyl (C=O) groups is 1. The first kappa shape index (κ1) is 24.2. The molecule has 5 heterocycles. The van der Waals surface area contributed by atoms with E-state index in [2.05, 4.69) is 25.2 Å². The van der Waals surface area contributed by atoms with Crippen molar-refractivity contribution in [3.8, 4) is 28.4 Å². The van der Waals surface area contributed by atoms with E-state index in [1.807, 2.05) is 0 Å². The SMILES string of the molecule is COc1cc(-c2cc(NC3C(C(=O)O)C4CCN3CC4)nc(-c3c[nH]c4c(F)cc(F)cc34)n2)ccc1F. The molecule has 0 radical (unpaired) electrons. The second-order valence-corrected chi connectivity index (χ2v) is 9.65. The molecule has 7 rings (SSSR count). The predicted octanol–water partition coefficient (Wildman–Crippen LogP) is 4.88. The number of H-pyrrole nitrogens is 1. The minimum atomic E-state index is -0.878. The van der Waals surface area contributed by atoms with E-state index in [0.717, 1.165) is 32.0 Å². The third-order valence-corrected chi connectivity index (χ3v) is 7.52. The summed E-state index contributed by atoms with van der Waals surface area (Å²) in [5, 5.41) is 13.5. The van der Waals surface area contributed by atoms with Gasteiger partial charge in [0, 0.05) is 47.9 Å². The quantitative estimate of drug-likeness (QED) is 0.331. The summed E-state index contributed by atoms with van der Waals surface area (Å²) in [6.07, 6.45) is 2.64. The van der Waals surface area contributed by atoms with Crippen molar-refractivity contribution in [3.63, 3.8) is 0 Å². The molecule has 3 N–H and O–H groups in total. The Bertz CT molecular complexity index is 1550. The Hall–Kier alpha value is -4.12. The van der Waals surface area contributed by atoms with Crippen molar-refractivity contribution in [2.45, 2.75) is 19.0 Å². The van der Waals surface area contributed by atoms with E-state index in [1.165, 1.54) is 37.6 Å².